The fourth-order valence-electron chi connectivity index (χ4n) is 2.43. The van der Waals surface area contributed by atoms with Crippen molar-refractivity contribution in [2.75, 3.05) is 0 Å². The molecule has 0 saturated carbocycles. The van der Waals surface area contributed by atoms with Gasteiger partial charge in [0.15, 0.2) is 11.6 Å². The maximum atomic E-state index is 12.6. The van der Waals surface area contributed by atoms with E-state index in [2.05, 4.69) is 0 Å². The van der Waals surface area contributed by atoms with Crippen LogP contribution in [0.2, 0.25) is 0 Å². The highest BCUT2D eigenvalue weighted by Gasteiger charge is 2.13. The first kappa shape index (κ1) is 14.9. The number of ketones is 2. The number of benzene rings is 3. The highest BCUT2D eigenvalue weighted by Crippen LogP contribution is 2.15. The second-order valence-corrected chi connectivity index (χ2v) is 5.47. The summed E-state index contributed by atoms with van der Waals surface area (Å²) in [6.07, 6.45) is 0. The smallest absolute Gasteiger partial charge is 0.193 e. The van der Waals surface area contributed by atoms with Crippen LogP contribution < -0.4 is 0 Å². The van der Waals surface area contributed by atoms with Crippen LogP contribution in [0.25, 0.3) is 0 Å². The lowest BCUT2D eigenvalue weighted by Gasteiger charge is -2.05. The molecule has 3 aromatic rings. The summed E-state index contributed by atoms with van der Waals surface area (Å²) in [5.74, 6) is -0.156. The SMILES string of the molecule is Cc1ccc(C(=O)c2cccc(C(=O)c3ccccc3)c2)cc1. The number of carbonyl (C=O) groups is 2. The van der Waals surface area contributed by atoms with Crippen molar-refractivity contribution in [3.05, 3.63) is 107 Å². The summed E-state index contributed by atoms with van der Waals surface area (Å²) in [4.78, 5) is 25.0. The lowest BCUT2D eigenvalue weighted by atomic mass is 9.97. The first-order valence-electron chi connectivity index (χ1n) is 7.46. The molecule has 2 heteroatoms. The Morgan fingerprint density at radius 3 is 1.61 bits per heavy atom. The summed E-state index contributed by atoms with van der Waals surface area (Å²) in [5.41, 5.74) is 3.40. The minimum atomic E-state index is -0.0795. The van der Waals surface area contributed by atoms with Gasteiger partial charge < -0.3 is 0 Å². The third-order valence-electron chi connectivity index (χ3n) is 3.74. The lowest BCUT2D eigenvalue weighted by molar-refractivity contribution is 0.103. The van der Waals surface area contributed by atoms with Crippen molar-refractivity contribution in [3.63, 3.8) is 0 Å². The van der Waals surface area contributed by atoms with Gasteiger partial charge in [-0.25, -0.2) is 0 Å². The van der Waals surface area contributed by atoms with Gasteiger partial charge in [0.25, 0.3) is 0 Å². The van der Waals surface area contributed by atoms with E-state index >= 15 is 0 Å². The average molecular weight is 300 g/mol. The Kier molecular flexibility index (Phi) is 4.15. The van der Waals surface area contributed by atoms with Crippen molar-refractivity contribution in [2.45, 2.75) is 6.92 Å². The molecule has 0 aliphatic rings. The summed E-state index contributed by atoms with van der Waals surface area (Å²) in [5, 5.41) is 0. The van der Waals surface area contributed by atoms with Crippen LogP contribution in [0, 0.1) is 6.92 Å². The van der Waals surface area contributed by atoms with Gasteiger partial charge in [-0.2, -0.15) is 0 Å². The van der Waals surface area contributed by atoms with E-state index in [-0.39, 0.29) is 11.6 Å². The fraction of sp³-hybridized carbons (Fsp3) is 0.0476. The molecule has 23 heavy (non-hydrogen) atoms. The van der Waals surface area contributed by atoms with Crippen LogP contribution in [0.4, 0.5) is 0 Å². The first-order chi connectivity index (χ1) is 11.1. The van der Waals surface area contributed by atoms with Crippen molar-refractivity contribution in [3.8, 4) is 0 Å². The summed E-state index contributed by atoms with van der Waals surface area (Å²) >= 11 is 0. The van der Waals surface area contributed by atoms with Crippen molar-refractivity contribution in [1.82, 2.24) is 0 Å². The van der Waals surface area contributed by atoms with Crippen LogP contribution in [0.3, 0.4) is 0 Å². The fourth-order valence-corrected chi connectivity index (χ4v) is 2.43. The quantitative estimate of drug-likeness (QED) is 0.667. The topological polar surface area (TPSA) is 34.1 Å². The third-order valence-corrected chi connectivity index (χ3v) is 3.74. The Balaban J connectivity index is 1.92. The summed E-state index contributed by atoms with van der Waals surface area (Å²) in [6.45, 7) is 1.98. The molecular weight excluding hydrogens is 284 g/mol. The van der Waals surface area contributed by atoms with E-state index in [4.69, 9.17) is 0 Å². The van der Waals surface area contributed by atoms with Crippen molar-refractivity contribution in [2.24, 2.45) is 0 Å². The van der Waals surface area contributed by atoms with Gasteiger partial charge in [0, 0.05) is 22.3 Å². The van der Waals surface area contributed by atoms with Crippen LogP contribution in [0.15, 0.2) is 78.9 Å². The normalized spacial score (nSPS) is 10.3. The van der Waals surface area contributed by atoms with Gasteiger partial charge in [-0.1, -0.05) is 78.4 Å². The third kappa shape index (κ3) is 3.27. The van der Waals surface area contributed by atoms with Crippen molar-refractivity contribution >= 4 is 11.6 Å². The van der Waals surface area contributed by atoms with Gasteiger partial charge in [-0.3, -0.25) is 9.59 Å². The zero-order chi connectivity index (χ0) is 16.2. The molecule has 0 aromatic heterocycles. The molecule has 0 aliphatic heterocycles. The number of hydrogen-bond donors (Lipinski definition) is 0. The number of aryl methyl sites for hydroxylation is 1. The van der Waals surface area contributed by atoms with E-state index in [9.17, 15) is 9.59 Å². The van der Waals surface area contributed by atoms with Gasteiger partial charge in [-0.15, -0.1) is 0 Å². The molecule has 3 aromatic carbocycles. The van der Waals surface area contributed by atoms with Gasteiger partial charge in [0.1, 0.15) is 0 Å². The van der Waals surface area contributed by atoms with Crippen LogP contribution in [0.1, 0.15) is 37.4 Å². The Morgan fingerprint density at radius 2 is 1.04 bits per heavy atom. The largest absolute Gasteiger partial charge is 0.289 e. The first-order valence-corrected chi connectivity index (χ1v) is 7.46. The molecule has 0 radical (unpaired) electrons. The van der Waals surface area contributed by atoms with Crippen LogP contribution in [-0.4, -0.2) is 11.6 Å². The maximum absolute atomic E-state index is 12.6. The number of rotatable bonds is 4. The van der Waals surface area contributed by atoms with Gasteiger partial charge in [0.2, 0.25) is 0 Å². The van der Waals surface area contributed by atoms with E-state index in [1.54, 1.807) is 36.4 Å². The van der Waals surface area contributed by atoms with E-state index in [0.29, 0.717) is 22.3 Å². The highest BCUT2D eigenvalue weighted by molar-refractivity contribution is 6.13. The van der Waals surface area contributed by atoms with Crippen LogP contribution in [0.5, 0.6) is 0 Å². The van der Waals surface area contributed by atoms with Gasteiger partial charge in [-0.05, 0) is 13.0 Å². The lowest BCUT2D eigenvalue weighted by Crippen LogP contribution is -2.05. The highest BCUT2D eigenvalue weighted by atomic mass is 16.1. The molecule has 0 N–H and O–H groups in total. The van der Waals surface area contributed by atoms with Crippen molar-refractivity contribution in [1.29, 1.82) is 0 Å². The molecule has 112 valence electrons. The number of hydrogen-bond acceptors (Lipinski definition) is 2. The summed E-state index contributed by atoms with van der Waals surface area (Å²) in [6, 6.07) is 23.4. The van der Waals surface area contributed by atoms with E-state index in [0.717, 1.165) is 5.56 Å². The average Bonchev–Trinajstić information content (AvgIpc) is 2.62. The summed E-state index contributed by atoms with van der Waals surface area (Å²) < 4.78 is 0. The second-order valence-electron chi connectivity index (χ2n) is 5.47. The Labute approximate surface area is 135 Å². The molecule has 0 saturated heterocycles. The molecule has 0 bridgehead atoms. The Hall–Kier alpha value is -3.00. The molecule has 0 fully saturated rings. The van der Waals surface area contributed by atoms with E-state index in [1.807, 2.05) is 49.4 Å². The minimum Gasteiger partial charge on any atom is -0.289 e. The Morgan fingerprint density at radius 1 is 0.565 bits per heavy atom. The second kappa shape index (κ2) is 6.41. The molecule has 3 rings (SSSR count). The van der Waals surface area contributed by atoms with E-state index < -0.39 is 0 Å². The zero-order valence-electron chi connectivity index (χ0n) is 12.8. The van der Waals surface area contributed by atoms with Gasteiger partial charge in [0.05, 0.1) is 0 Å². The molecule has 0 unspecified atom stereocenters. The molecule has 0 aliphatic carbocycles. The molecule has 0 spiro atoms. The summed E-state index contributed by atoms with van der Waals surface area (Å²) in [7, 11) is 0. The van der Waals surface area contributed by atoms with Crippen molar-refractivity contribution < 1.29 is 9.59 Å². The van der Waals surface area contributed by atoms with Gasteiger partial charge >= 0.3 is 0 Å². The van der Waals surface area contributed by atoms with Crippen LogP contribution >= 0.6 is 0 Å². The molecule has 0 amide bonds. The minimum absolute atomic E-state index is 0.0762. The van der Waals surface area contributed by atoms with E-state index in [1.165, 1.54) is 0 Å². The Bertz CT molecular complexity index is 847. The molecule has 0 atom stereocenters. The predicted octanol–water partition coefficient (Wildman–Crippen LogP) is 4.46. The molecule has 2 nitrogen and oxygen atoms in total. The molecule has 0 heterocycles. The number of carbonyl (C=O) groups excluding carboxylic acids is 2. The molecular formula is C21H16O2. The predicted molar refractivity (Wildman–Crippen MR) is 90.9 cm³/mol. The zero-order valence-corrected chi connectivity index (χ0v) is 12.8. The maximum Gasteiger partial charge on any atom is 0.193 e. The monoisotopic (exact) mass is 300 g/mol. The van der Waals surface area contributed by atoms with Crippen LogP contribution in [-0.2, 0) is 0 Å². The standard InChI is InChI=1S/C21H16O2/c1-15-10-12-17(13-11-15)21(23)19-9-5-8-18(14-19)20(22)16-6-3-2-4-7-16/h2-14H,1H3.